The van der Waals surface area contributed by atoms with Crippen molar-refractivity contribution < 1.29 is 0 Å². The molecular weight excluding hydrogens is 846 g/mol. The molecule has 0 unspecified atom stereocenters. The summed E-state index contributed by atoms with van der Waals surface area (Å²) in [4.78, 5) is 2.67. The summed E-state index contributed by atoms with van der Waals surface area (Å²) in [5.41, 5.74) is 19.6. The number of hydrogen-bond donors (Lipinski definition) is 0. The van der Waals surface area contributed by atoms with E-state index in [9.17, 15) is 0 Å². The Balaban J connectivity index is 1.24. The Morgan fingerprint density at radius 1 is 0.275 bits per heavy atom. The topological polar surface area (TPSA) is 3.24 Å². The molecule has 2 aliphatic rings. The Kier molecular flexibility index (Phi) is 10.0. The molecule has 0 saturated heterocycles. The van der Waals surface area contributed by atoms with E-state index < -0.39 is 8.07 Å². The molecule has 1 nitrogen and oxygen atoms in total. The number of nitrogens with zero attached hydrogens (tertiary/aromatic N) is 1. The van der Waals surface area contributed by atoms with Gasteiger partial charge in [-0.2, -0.15) is 0 Å². The second-order valence-corrected chi connectivity index (χ2v) is 22.0. The second kappa shape index (κ2) is 17.0. The molecule has 322 valence electrons. The fraction of sp³-hybridized carbons (Fsp3) is 0. The number of anilines is 3. The SMILES string of the molecule is c1ccc(-c2ccc3c(c2)N(c2c(-c4ccccc4)cccc2-c2ccccc2)c2cc(-c4ccccc4)cc4c2B3c2ccc(-c3ccccc3)cc2[Si]4(c2ccccc2)c2ccccc2)cc1. The van der Waals surface area contributed by atoms with E-state index in [1.54, 1.807) is 0 Å². The third kappa shape index (κ3) is 6.69. The van der Waals surface area contributed by atoms with Crippen LogP contribution >= 0.6 is 0 Å². The van der Waals surface area contributed by atoms with Crippen molar-refractivity contribution in [1.82, 2.24) is 0 Å². The fourth-order valence-electron chi connectivity index (χ4n) is 11.6. The molecule has 2 aliphatic heterocycles. The normalized spacial score (nSPS) is 13.0. The summed E-state index contributed by atoms with van der Waals surface area (Å²) in [6.45, 7) is -0.0483. The minimum absolute atomic E-state index is 0.0483. The van der Waals surface area contributed by atoms with Crippen molar-refractivity contribution in [3.8, 4) is 55.6 Å². The molecule has 69 heavy (non-hydrogen) atoms. The molecule has 0 aliphatic carbocycles. The predicted octanol–water partition coefficient (Wildman–Crippen LogP) is 12.0. The summed E-state index contributed by atoms with van der Waals surface area (Å²) in [6, 6.07) is 105. The molecule has 2 heterocycles. The molecule has 0 spiro atoms. The molecule has 0 saturated carbocycles. The minimum atomic E-state index is -3.16. The van der Waals surface area contributed by atoms with Crippen molar-refractivity contribution in [3.63, 3.8) is 0 Å². The van der Waals surface area contributed by atoms with Gasteiger partial charge in [0.25, 0.3) is 0 Å². The average Bonchev–Trinajstić information content (AvgIpc) is 3.44. The Morgan fingerprint density at radius 2 is 0.667 bits per heavy atom. The van der Waals surface area contributed by atoms with Crippen molar-refractivity contribution >= 4 is 69.0 Å². The number of hydrogen-bond acceptors (Lipinski definition) is 1. The van der Waals surface area contributed by atoms with Crippen LogP contribution in [0.2, 0.25) is 0 Å². The van der Waals surface area contributed by atoms with Crippen LogP contribution < -0.4 is 42.0 Å². The van der Waals surface area contributed by atoms with Crippen LogP contribution in [0.3, 0.4) is 0 Å². The van der Waals surface area contributed by atoms with E-state index in [1.165, 1.54) is 110 Å². The lowest BCUT2D eigenvalue weighted by Gasteiger charge is -2.48. The first kappa shape index (κ1) is 40.8. The van der Waals surface area contributed by atoms with Crippen molar-refractivity contribution in [1.29, 1.82) is 0 Å². The van der Waals surface area contributed by atoms with Gasteiger partial charge in [-0.15, -0.1) is 0 Å². The van der Waals surface area contributed by atoms with Gasteiger partial charge in [-0.25, -0.2) is 0 Å². The number of rotatable bonds is 8. The maximum atomic E-state index is 2.67. The molecule has 0 atom stereocenters. The van der Waals surface area contributed by atoms with Gasteiger partial charge >= 0.3 is 0 Å². The largest absolute Gasteiger partial charge is 0.310 e. The van der Waals surface area contributed by atoms with Crippen LogP contribution in [0.4, 0.5) is 17.1 Å². The first-order chi connectivity index (χ1) is 34.3. The first-order valence-electron chi connectivity index (χ1n) is 24.0. The molecule has 13 rings (SSSR count). The number of benzene rings is 11. The highest BCUT2D eigenvalue weighted by Gasteiger charge is 2.53. The van der Waals surface area contributed by atoms with Gasteiger partial charge in [-0.1, -0.05) is 272 Å². The predicted molar refractivity (Wildman–Crippen MR) is 297 cm³/mol. The van der Waals surface area contributed by atoms with Crippen molar-refractivity contribution in [2.75, 3.05) is 4.90 Å². The van der Waals surface area contributed by atoms with Gasteiger partial charge in [-0.3, -0.25) is 0 Å². The highest BCUT2D eigenvalue weighted by atomic mass is 28.3. The zero-order valence-electron chi connectivity index (χ0n) is 38.1. The van der Waals surface area contributed by atoms with Gasteiger partial charge in [-0.05, 0) is 88.3 Å². The highest BCUT2D eigenvalue weighted by Crippen LogP contribution is 2.48. The van der Waals surface area contributed by atoms with Crippen molar-refractivity contribution in [2.45, 2.75) is 0 Å². The summed E-state index contributed by atoms with van der Waals surface area (Å²) < 4.78 is 0. The van der Waals surface area contributed by atoms with E-state index >= 15 is 0 Å². The van der Waals surface area contributed by atoms with E-state index in [0.29, 0.717) is 0 Å². The first-order valence-corrected chi connectivity index (χ1v) is 26.0. The van der Waals surface area contributed by atoms with E-state index in [1.807, 2.05) is 0 Å². The van der Waals surface area contributed by atoms with E-state index in [-0.39, 0.29) is 6.71 Å². The Labute approximate surface area is 406 Å². The van der Waals surface area contributed by atoms with Crippen LogP contribution in [0.25, 0.3) is 55.6 Å². The third-order valence-electron chi connectivity index (χ3n) is 14.6. The van der Waals surface area contributed by atoms with E-state index in [4.69, 9.17) is 0 Å². The highest BCUT2D eigenvalue weighted by molar-refractivity contribution is 7.26. The minimum Gasteiger partial charge on any atom is -0.310 e. The average molecular weight is 892 g/mol. The number of para-hydroxylation sites is 1. The smallest absolute Gasteiger partial charge is 0.246 e. The lowest BCUT2D eigenvalue weighted by molar-refractivity contribution is 1.29. The number of fused-ring (bicyclic) bond motifs is 4. The van der Waals surface area contributed by atoms with E-state index in [2.05, 4.69) is 284 Å². The van der Waals surface area contributed by atoms with Gasteiger partial charge in [0.2, 0.25) is 6.71 Å². The molecule has 0 aromatic heterocycles. The lowest BCUT2D eigenvalue weighted by atomic mass is 9.34. The van der Waals surface area contributed by atoms with Crippen LogP contribution in [-0.4, -0.2) is 14.8 Å². The van der Waals surface area contributed by atoms with E-state index in [0.717, 1.165) is 0 Å². The molecule has 0 bridgehead atoms. The molecule has 0 N–H and O–H groups in total. The molecule has 3 heteroatoms. The van der Waals surface area contributed by atoms with Crippen LogP contribution in [0.15, 0.2) is 279 Å². The Morgan fingerprint density at radius 3 is 1.16 bits per heavy atom. The van der Waals surface area contributed by atoms with Gasteiger partial charge in [0.05, 0.1) is 5.69 Å². The summed E-state index contributed by atoms with van der Waals surface area (Å²) >= 11 is 0. The molecule has 11 aromatic rings. The molecular formula is C66H46BNSi. The van der Waals surface area contributed by atoms with Crippen molar-refractivity contribution in [2.24, 2.45) is 0 Å². The van der Waals surface area contributed by atoms with Crippen LogP contribution in [0, 0.1) is 0 Å². The summed E-state index contributed by atoms with van der Waals surface area (Å²) in [5.74, 6) is 0. The molecule has 11 aromatic carbocycles. The zero-order chi connectivity index (χ0) is 45.7. The van der Waals surface area contributed by atoms with Crippen molar-refractivity contribution in [3.05, 3.63) is 279 Å². The maximum absolute atomic E-state index is 3.16. The van der Waals surface area contributed by atoms with Gasteiger partial charge in [0.15, 0.2) is 8.07 Å². The lowest BCUT2D eigenvalue weighted by Crippen LogP contribution is -2.87. The fourth-order valence-corrected chi connectivity index (χ4v) is 16.9. The Bertz CT molecular complexity index is 3540. The Hall–Kier alpha value is -8.50. The summed E-state index contributed by atoms with van der Waals surface area (Å²) in [7, 11) is -3.16. The molecule has 0 amide bonds. The molecule has 0 fully saturated rings. The maximum Gasteiger partial charge on any atom is 0.246 e. The van der Waals surface area contributed by atoms with Gasteiger partial charge in [0, 0.05) is 22.5 Å². The zero-order valence-corrected chi connectivity index (χ0v) is 39.1. The van der Waals surface area contributed by atoms with Crippen LogP contribution in [-0.2, 0) is 0 Å². The van der Waals surface area contributed by atoms with Crippen LogP contribution in [0.5, 0.6) is 0 Å². The summed E-state index contributed by atoms with van der Waals surface area (Å²) in [6.07, 6.45) is 0. The third-order valence-corrected chi connectivity index (χ3v) is 19.5. The molecule has 0 radical (unpaired) electrons. The standard InChI is InChI=1S/C66H46BNSi/c1-8-23-47(24-9-1)52-39-41-59-61(43-52)68(66-57(50-29-14-4-15-30-50)37-22-38-58(66)51-31-16-5-17-32-51)62-44-54(49-27-12-3-13-28-49)46-64-65(62)67(59)60-42-40-53(48-25-10-2-11-26-48)45-63(60)69(64,55-33-18-6-19-34-55)56-35-20-7-21-36-56/h1-46H. The van der Waals surface area contributed by atoms with Gasteiger partial charge < -0.3 is 4.90 Å². The van der Waals surface area contributed by atoms with Gasteiger partial charge in [0.1, 0.15) is 0 Å². The monoisotopic (exact) mass is 891 g/mol. The van der Waals surface area contributed by atoms with Crippen LogP contribution in [0.1, 0.15) is 0 Å². The summed E-state index contributed by atoms with van der Waals surface area (Å²) in [5, 5.41) is 5.62. The second-order valence-electron chi connectivity index (χ2n) is 18.3. The quantitative estimate of drug-likeness (QED) is 0.137.